The lowest BCUT2D eigenvalue weighted by Crippen LogP contribution is -2.33. The summed E-state index contributed by atoms with van der Waals surface area (Å²) >= 11 is 6.15. The fraction of sp³-hybridized carbons (Fsp3) is 0.467. The predicted octanol–water partition coefficient (Wildman–Crippen LogP) is 4.28. The highest BCUT2D eigenvalue weighted by Crippen LogP contribution is 2.21. The van der Waals surface area contributed by atoms with Gasteiger partial charge in [-0.1, -0.05) is 47.9 Å². The first kappa shape index (κ1) is 12.7. The van der Waals surface area contributed by atoms with E-state index in [-0.39, 0.29) is 0 Å². The molecule has 1 aliphatic heterocycles. The number of hydrogen-bond donors (Lipinski definition) is 1. The van der Waals surface area contributed by atoms with E-state index in [1.165, 1.54) is 31.4 Å². The van der Waals surface area contributed by atoms with Crippen molar-refractivity contribution in [1.29, 1.82) is 0 Å². The molecule has 1 saturated heterocycles. The molecule has 1 fully saturated rings. The van der Waals surface area contributed by atoms with Crippen LogP contribution >= 0.6 is 11.6 Å². The second-order valence-electron chi connectivity index (χ2n) is 4.86. The van der Waals surface area contributed by atoms with E-state index in [4.69, 9.17) is 11.6 Å². The maximum absolute atomic E-state index is 6.15. The van der Waals surface area contributed by atoms with Gasteiger partial charge in [-0.2, -0.15) is 0 Å². The summed E-state index contributed by atoms with van der Waals surface area (Å²) in [4.78, 5) is 0. The summed E-state index contributed by atoms with van der Waals surface area (Å²) in [5, 5.41) is 4.41. The summed E-state index contributed by atoms with van der Waals surface area (Å²) in [7, 11) is 0. The number of hydrogen-bond acceptors (Lipinski definition) is 1. The molecule has 0 aromatic heterocycles. The van der Waals surface area contributed by atoms with E-state index in [0.717, 1.165) is 17.0 Å². The third-order valence-corrected chi connectivity index (χ3v) is 3.63. The summed E-state index contributed by atoms with van der Waals surface area (Å²) in [5.41, 5.74) is 2.53. The van der Waals surface area contributed by atoms with Gasteiger partial charge in [0.1, 0.15) is 0 Å². The molecule has 2 heteroatoms. The molecule has 1 atom stereocenters. The molecule has 0 amide bonds. The molecule has 0 aliphatic carbocycles. The fourth-order valence-corrected chi connectivity index (χ4v) is 2.59. The van der Waals surface area contributed by atoms with E-state index in [0.29, 0.717) is 6.04 Å². The van der Waals surface area contributed by atoms with Crippen LogP contribution in [-0.2, 0) is 0 Å². The first-order chi connectivity index (χ1) is 8.25. The summed E-state index contributed by atoms with van der Waals surface area (Å²) < 4.78 is 0. The van der Waals surface area contributed by atoms with Gasteiger partial charge in [-0.3, -0.25) is 0 Å². The van der Waals surface area contributed by atoms with Crippen molar-refractivity contribution in [1.82, 2.24) is 5.32 Å². The average molecular weight is 250 g/mol. The Morgan fingerprint density at radius 2 is 2.24 bits per heavy atom. The molecule has 0 radical (unpaired) electrons. The molecule has 1 nitrogen and oxygen atoms in total. The van der Waals surface area contributed by atoms with Crippen LogP contribution in [0.15, 0.2) is 29.8 Å². The number of rotatable bonds is 3. The van der Waals surface area contributed by atoms with Crippen molar-refractivity contribution in [3.8, 4) is 0 Å². The van der Waals surface area contributed by atoms with Gasteiger partial charge >= 0.3 is 0 Å². The Hall–Kier alpha value is -0.790. The van der Waals surface area contributed by atoms with Crippen LogP contribution in [-0.4, -0.2) is 12.6 Å². The highest BCUT2D eigenvalue weighted by Gasteiger charge is 2.12. The van der Waals surface area contributed by atoms with Crippen LogP contribution in [0.25, 0.3) is 6.08 Å². The highest BCUT2D eigenvalue weighted by molar-refractivity contribution is 6.32. The average Bonchev–Trinajstić information content (AvgIpc) is 2.33. The Morgan fingerprint density at radius 1 is 1.41 bits per heavy atom. The van der Waals surface area contributed by atoms with Gasteiger partial charge in [-0.25, -0.2) is 0 Å². The van der Waals surface area contributed by atoms with Crippen molar-refractivity contribution in [2.24, 2.45) is 0 Å². The second kappa shape index (κ2) is 6.23. The van der Waals surface area contributed by atoms with E-state index in [1.807, 2.05) is 18.2 Å². The minimum atomic E-state index is 0.655. The largest absolute Gasteiger partial charge is 0.314 e. The van der Waals surface area contributed by atoms with Crippen LogP contribution in [0.4, 0.5) is 0 Å². The molecule has 0 bridgehead atoms. The van der Waals surface area contributed by atoms with Gasteiger partial charge < -0.3 is 5.32 Å². The van der Waals surface area contributed by atoms with Crippen molar-refractivity contribution < 1.29 is 0 Å². The van der Waals surface area contributed by atoms with Crippen LogP contribution in [0.3, 0.4) is 0 Å². The van der Waals surface area contributed by atoms with Crippen LogP contribution in [0, 0.1) is 0 Å². The molecule has 1 aromatic carbocycles. The smallest absolute Gasteiger partial charge is 0.0478 e. The van der Waals surface area contributed by atoms with E-state index < -0.39 is 0 Å². The summed E-state index contributed by atoms with van der Waals surface area (Å²) in [5.74, 6) is 0. The summed E-state index contributed by atoms with van der Waals surface area (Å²) in [6.45, 7) is 3.36. The zero-order chi connectivity index (χ0) is 12.1. The topological polar surface area (TPSA) is 12.0 Å². The molecule has 1 N–H and O–H groups in total. The molecule has 2 rings (SSSR count). The van der Waals surface area contributed by atoms with Gasteiger partial charge in [0, 0.05) is 11.1 Å². The Labute approximate surface area is 109 Å². The van der Waals surface area contributed by atoms with Gasteiger partial charge in [-0.15, -0.1) is 0 Å². The number of piperidine rings is 1. The lowest BCUT2D eigenvalue weighted by molar-refractivity contribution is 0.399. The first-order valence-corrected chi connectivity index (χ1v) is 6.78. The third-order valence-electron chi connectivity index (χ3n) is 3.29. The minimum absolute atomic E-state index is 0.655. The van der Waals surface area contributed by atoms with Crippen LogP contribution < -0.4 is 5.32 Å². The number of nitrogens with one attached hydrogen (secondary N) is 1. The van der Waals surface area contributed by atoms with E-state index in [1.54, 1.807) is 0 Å². The lowest BCUT2D eigenvalue weighted by atomic mass is 9.97. The normalized spacial score (nSPS) is 21.5. The molecule has 17 heavy (non-hydrogen) atoms. The molecule has 1 aliphatic rings. The number of halogens is 1. The lowest BCUT2D eigenvalue weighted by Gasteiger charge is -2.23. The van der Waals surface area contributed by atoms with Crippen LogP contribution in [0.2, 0.25) is 5.02 Å². The Balaban J connectivity index is 1.99. The van der Waals surface area contributed by atoms with Gasteiger partial charge in [0.2, 0.25) is 0 Å². The second-order valence-corrected chi connectivity index (χ2v) is 5.27. The van der Waals surface area contributed by atoms with Crippen molar-refractivity contribution in [2.75, 3.05) is 6.54 Å². The van der Waals surface area contributed by atoms with Crippen molar-refractivity contribution in [2.45, 2.75) is 38.6 Å². The summed E-state index contributed by atoms with van der Waals surface area (Å²) in [6.07, 6.45) is 7.32. The SMILES string of the molecule is C/C(=C/c1ccccc1Cl)CC1CCCCN1. The predicted molar refractivity (Wildman–Crippen MR) is 75.4 cm³/mol. The molecule has 0 saturated carbocycles. The zero-order valence-corrected chi connectivity index (χ0v) is 11.1. The number of benzene rings is 1. The summed E-state index contributed by atoms with van der Waals surface area (Å²) in [6, 6.07) is 8.67. The maximum atomic E-state index is 6.15. The molecule has 1 unspecified atom stereocenters. The third kappa shape index (κ3) is 3.86. The van der Waals surface area contributed by atoms with Gasteiger partial charge in [0.15, 0.2) is 0 Å². The van der Waals surface area contributed by atoms with Gasteiger partial charge in [0.25, 0.3) is 0 Å². The highest BCUT2D eigenvalue weighted by atomic mass is 35.5. The van der Waals surface area contributed by atoms with Gasteiger partial charge in [-0.05, 0) is 44.4 Å². The minimum Gasteiger partial charge on any atom is -0.314 e. The fourth-order valence-electron chi connectivity index (χ4n) is 2.40. The van der Waals surface area contributed by atoms with Crippen molar-refractivity contribution in [3.05, 3.63) is 40.4 Å². The Morgan fingerprint density at radius 3 is 2.94 bits per heavy atom. The van der Waals surface area contributed by atoms with E-state index in [9.17, 15) is 0 Å². The monoisotopic (exact) mass is 249 g/mol. The Kier molecular flexibility index (Phi) is 4.64. The standard InChI is InChI=1S/C15H20ClN/c1-12(11-14-7-4-5-9-17-14)10-13-6-2-3-8-15(13)16/h2-3,6,8,10,14,17H,4-5,7,9,11H2,1H3/b12-10-. The molecular weight excluding hydrogens is 230 g/mol. The quantitative estimate of drug-likeness (QED) is 0.843. The van der Waals surface area contributed by atoms with Crippen molar-refractivity contribution in [3.63, 3.8) is 0 Å². The molecular formula is C15H20ClN. The zero-order valence-electron chi connectivity index (χ0n) is 10.4. The Bertz CT molecular complexity index is 392. The van der Waals surface area contributed by atoms with Crippen LogP contribution in [0.5, 0.6) is 0 Å². The molecule has 1 aromatic rings. The van der Waals surface area contributed by atoms with Crippen molar-refractivity contribution >= 4 is 17.7 Å². The molecule has 92 valence electrons. The first-order valence-electron chi connectivity index (χ1n) is 6.41. The maximum Gasteiger partial charge on any atom is 0.0478 e. The molecule has 1 heterocycles. The van der Waals surface area contributed by atoms with Crippen LogP contribution in [0.1, 0.15) is 38.2 Å². The molecule has 0 spiro atoms. The van der Waals surface area contributed by atoms with E-state index >= 15 is 0 Å². The van der Waals surface area contributed by atoms with E-state index in [2.05, 4.69) is 24.4 Å². The van der Waals surface area contributed by atoms with Gasteiger partial charge in [0.05, 0.1) is 0 Å².